The zero-order chi connectivity index (χ0) is 12.7. The lowest BCUT2D eigenvalue weighted by atomic mass is 9.99. The van der Waals surface area contributed by atoms with Gasteiger partial charge in [0.1, 0.15) is 0 Å². The highest BCUT2D eigenvalue weighted by Crippen LogP contribution is 2.29. The van der Waals surface area contributed by atoms with E-state index in [1.165, 1.54) is 0 Å². The zero-order valence-electron chi connectivity index (χ0n) is 10.7. The largest absolute Gasteiger partial charge is 0.366 e. The maximum Gasteiger partial charge on any atom is 0.225 e. The van der Waals surface area contributed by atoms with Crippen LogP contribution in [0.2, 0.25) is 0 Å². The molecule has 0 atom stereocenters. The molecular formula is C12H18BrN3O. The van der Waals surface area contributed by atoms with Gasteiger partial charge in [-0.25, -0.2) is 9.97 Å². The second-order valence-corrected chi connectivity index (χ2v) is 6.59. The van der Waals surface area contributed by atoms with Crippen LogP contribution in [0.25, 0.3) is 0 Å². The van der Waals surface area contributed by atoms with Gasteiger partial charge in [-0.15, -0.1) is 0 Å². The summed E-state index contributed by atoms with van der Waals surface area (Å²) >= 11 is 3.35. The summed E-state index contributed by atoms with van der Waals surface area (Å²) in [5, 5.41) is 0. The monoisotopic (exact) mass is 299 g/mol. The minimum atomic E-state index is -0.182. The van der Waals surface area contributed by atoms with Crippen LogP contribution in [0, 0.1) is 0 Å². The Morgan fingerprint density at radius 2 is 1.59 bits per heavy atom. The van der Waals surface area contributed by atoms with E-state index in [1.54, 1.807) is 12.4 Å². The molecule has 1 aromatic rings. The number of hydrogen-bond donors (Lipinski definition) is 0. The summed E-state index contributed by atoms with van der Waals surface area (Å²) in [6, 6.07) is 0. The molecule has 2 rings (SSSR count). The van der Waals surface area contributed by atoms with Crippen molar-refractivity contribution in [1.29, 1.82) is 0 Å². The lowest BCUT2D eigenvalue weighted by Gasteiger charge is -2.47. The van der Waals surface area contributed by atoms with Gasteiger partial charge in [0.25, 0.3) is 0 Å². The summed E-state index contributed by atoms with van der Waals surface area (Å²) in [7, 11) is 0. The smallest absolute Gasteiger partial charge is 0.225 e. The number of ether oxygens (including phenoxy) is 1. The van der Waals surface area contributed by atoms with Gasteiger partial charge in [-0.1, -0.05) is 0 Å². The van der Waals surface area contributed by atoms with Crippen molar-refractivity contribution in [2.75, 3.05) is 18.0 Å². The molecule has 0 unspecified atom stereocenters. The van der Waals surface area contributed by atoms with Crippen molar-refractivity contribution in [3.8, 4) is 0 Å². The molecule has 0 spiro atoms. The SMILES string of the molecule is CC1(C)CN(c2ncc(Br)cn2)CC(C)(C)O1. The number of morpholine rings is 1. The quantitative estimate of drug-likeness (QED) is 0.799. The first kappa shape index (κ1) is 12.8. The van der Waals surface area contributed by atoms with Gasteiger partial charge in [0.05, 0.1) is 15.7 Å². The number of aromatic nitrogens is 2. The highest BCUT2D eigenvalue weighted by molar-refractivity contribution is 9.10. The fraction of sp³-hybridized carbons (Fsp3) is 0.667. The van der Waals surface area contributed by atoms with Crippen LogP contribution < -0.4 is 4.90 Å². The molecule has 1 fully saturated rings. The number of hydrogen-bond acceptors (Lipinski definition) is 4. The van der Waals surface area contributed by atoms with Crippen LogP contribution in [0.5, 0.6) is 0 Å². The topological polar surface area (TPSA) is 38.2 Å². The van der Waals surface area contributed by atoms with Crippen molar-refractivity contribution >= 4 is 21.9 Å². The van der Waals surface area contributed by atoms with Crippen molar-refractivity contribution in [2.24, 2.45) is 0 Å². The molecule has 4 nitrogen and oxygen atoms in total. The van der Waals surface area contributed by atoms with Crippen LogP contribution in [0.15, 0.2) is 16.9 Å². The minimum Gasteiger partial charge on any atom is -0.366 e. The molecule has 0 amide bonds. The van der Waals surface area contributed by atoms with E-state index in [2.05, 4.69) is 58.5 Å². The highest BCUT2D eigenvalue weighted by Gasteiger charge is 2.38. The van der Waals surface area contributed by atoms with E-state index < -0.39 is 0 Å². The maximum absolute atomic E-state index is 6.03. The van der Waals surface area contributed by atoms with Crippen molar-refractivity contribution in [3.05, 3.63) is 16.9 Å². The Hall–Kier alpha value is -0.680. The molecule has 0 saturated carbocycles. The lowest BCUT2D eigenvalue weighted by molar-refractivity contribution is -0.133. The molecule has 1 saturated heterocycles. The number of nitrogens with zero attached hydrogens (tertiary/aromatic N) is 3. The van der Waals surface area contributed by atoms with Gasteiger partial charge in [-0.05, 0) is 43.6 Å². The Labute approximate surface area is 111 Å². The lowest BCUT2D eigenvalue weighted by Crippen LogP contribution is -2.57. The summed E-state index contributed by atoms with van der Waals surface area (Å²) in [5.74, 6) is 0.762. The number of anilines is 1. The van der Waals surface area contributed by atoms with Gasteiger partial charge < -0.3 is 9.64 Å². The molecule has 94 valence electrons. The fourth-order valence-corrected chi connectivity index (χ4v) is 2.60. The van der Waals surface area contributed by atoms with Crippen LogP contribution in [-0.2, 0) is 4.74 Å². The van der Waals surface area contributed by atoms with Crippen LogP contribution >= 0.6 is 15.9 Å². The second kappa shape index (κ2) is 4.21. The molecule has 5 heteroatoms. The maximum atomic E-state index is 6.03. The Bertz CT molecular complexity index is 387. The average molecular weight is 300 g/mol. The van der Waals surface area contributed by atoms with E-state index in [4.69, 9.17) is 4.74 Å². The van der Waals surface area contributed by atoms with Crippen LogP contribution in [0.4, 0.5) is 5.95 Å². The third-order valence-electron chi connectivity index (χ3n) is 2.59. The summed E-state index contributed by atoms with van der Waals surface area (Å²) in [6.45, 7) is 10.00. The molecule has 0 aliphatic carbocycles. The summed E-state index contributed by atoms with van der Waals surface area (Å²) < 4.78 is 6.93. The Kier molecular flexibility index (Phi) is 3.16. The molecule has 1 aliphatic rings. The first-order valence-corrected chi connectivity index (χ1v) is 6.49. The third-order valence-corrected chi connectivity index (χ3v) is 2.99. The minimum absolute atomic E-state index is 0.182. The van der Waals surface area contributed by atoms with Crippen LogP contribution in [-0.4, -0.2) is 34.3 Å². The van der Waals surface area contributed by atoms with Crippen molar-refractivity contribution in [3.63, 3.8) is 0 Å². The zero-order valence-corrected chi connectivity index (χ0v) is 12.3. The fourth-order valence-electron chi connectivity index (χ4n) is 2.40. The van der Waals surface area contributed by atoms with E-state index in [1.807, 2.05) is 0 Å². The predicted octanol–water partition coefficient (Wildman–Crippen LogP) is 2.63. The number of rotatable bonds is 1. The van der Waals surface area contributed by atoms with Gasteiger partial charge in [0, 0.05) is 25.5 Å². The summed E-state index contributed by atoms with van der Waals surface area (Å²) in [6.07, 6.45) is 3.55. The second-order valence-electron chi connectivity index (χ2n) is 5.68. The highest BCUT2D eigenvalue weighted by atomic mass is 79.9. The van der Waals surface area contributed by atoms with Crippen LogP contribution in [0.1, 0.15) is 27.7 Å². The van der Waals surface area contributed by atoms with Gasteiger partial charge in [0.15, 0.2) is 0 Å². The molecule has 0 bridgehead atoms. The standard InChI is InChI=1S/C12H18BrN3O/c1-11(2)7-16(8-12(3,4)17-11)10-14-5-9(13)6-15-10/h5-6H,7-8H2,1-4H3. The average Bonchev–Trinajstić information content (AvgIpc) is 2.13. The van der Waals surface area contributed by atoms with Gasteiger partial charge in [-0.2, -0.15) is 0 Å². The van der Waals surface area contributed by atoms with E-state index in [0.717, 1.165) is 23.5 Å². The van der Waals surface area contributed by atoms with Gasteiger partial charge in [-0.3, -0.25) is 0 Å². The van der Waals surface area contributed by atoms with E-state index in [0.29, 0.717) is 0 Å². The summed E-state index contributed by atoms with van der Waals surface area (Å²) in [4.78, 5) is 10.9. The normalized spacial score (nSPS) is 22.5. The van der Waals surface area contributed by atoms with Crippen molar-refractivity contribution in [2.45, 2.75) is 38.9 Å². The molecule has 17 heavy (non-hydrogen) atoms. The molecule has 0 radical (unpaired) electrons. The molecule has 1 aliphatic heterocycles. The Morgan fingerprint density at radius 3 is 2.06 bits per heavy atom. The van der Waals surface area contributed by atoms with E-state index in [9.17, 15) is 0 Å². The van der Waals surface area contributed by atoms with Gasteiger partial charge in [0.2, 0.25) is 5.95 Å². The first-order valence-electron chi connectivity index (χ1n) is 5.70. The molecule has 2 heterocycles. The Morgan fingerprint density at radius 1 is 1.12 bits per heavy atom. The first-order chi connectivity index (χ1) is 7.77. The third kappa shape index (κ3) is 3.16. The molecule has 0 aromatic carbocycles. The molecular weight excluding hydrogens is 282 g/mol. The van der Waals surface area contributed by atoms with E-state index >= 15 is 0 Å². The summed E-state index contributed by atoms with van der Waals surface area (Å²) in [5.41, 5.74) is -0.365. The molecule has 0 N–H and O–H groups in total. The van der Waals surface area contributed by atoms with Crippen molar-refractivity contribution < 1.29 is 4.74 Å². The Balaban J connectivity index is 2.24. The van der Waals surface area contributed by atoms with Crippen molar-refractivity contribution in [1.82, 2.24) is 9.97 Å². The number of halogens is 1. The van der Waals surface area contributed by atoms with E-state index in [-0.39, 0.29) is 11.2 Å². The van der Waals surface area contributed by atoms with Crippen LogP contribution in [0.3, 0.4) is 0 Å². The predicted molar refractivity (Wildman–Crippen MR) is 71.2 cm³/mol. The molecule has 1 aromatic heterocycles. The van der Waals surface area contributed by atoms with Gasteiger partial charge >= 0.3 is 0 Å².